The van der Waals surface area contributed by atoms with Crippen LogP contribution in [0.3, 0.4) is 0 Å². The Bertz CT molecular complexity index is 487. The molecule has 0 radical (unpaired) electrons. The predicted molar refractivity (Wildman–Crippen MR) is 94.3 cm³/mol. The van der Waals surface area contributed by atoms with Crippen molar-refractivity contribution in [3.8, 4) is 0 Å². The molecular weight excluding hydrogens is 306 g/mol. The Morgan fingerprint density at radius 1 is 1.17 bits per heavy atom. The van der Waals surface area contributed by atoms with E-state index in [1.165, 1.54) is 32.0 Å². The molecule has 0 saturated carbocycles. The van der Waals surface area contributed by atoms with Gasteiger partial charge in [0.2, 0.25) is 5.82 Å². The number of hydrogen-bond acceptors (Lipinski definition) is 5. The van der Waals surface area contributed by atoms with Crippen LogP contribution in [-0.2, 0) is 4.74 Å². The first-order valence-corrected chi connectivity index (χ1v) is 9.02. The minimum Gasteiger partial charge on any atom is -0.461 e. The number of aromatic amines is 1. The van der Waals surface area contributed by atoms with Gasteiger partial charge in [0.25, 0.3) is 0 Å². The zero-order chi connectivity index (χ0) is 17.6. The number of unbranched alkanes of at least 4 members (excludes halogenated alkanes) is 6. The lowest BCUT2D eigenvalue weighted by Gasteiger charge is -2.09. The summed E-state index contributed by atoms with van der Waals surface area (Å²) in [7, 11) is 1.85. The molecule has 0 unspecified atom stereocenters. The molecule has 0 bridgehead atoms. The molecule has 0 aromatic carbocycles. The zero-order valence-corrected chi connectivity index (χ0v) is 15.3. The minimum atomic E-state index is -0.425. The molecule has 0 saturated heterocycles. The van der Waals surface area contributed by atoms with Crippen molar-refractivity contribution in [1.29, 1.82) is 0 Å². The van der Waals surface area contributed by atoms with Crippen molar-refractivity contribution in [2.75, 3.05) is 20.2 Å². The number of carbonyl (C=O) groups is 1. The van der Waals surface area contributed by atoms with Crippen molar-refractivity contribution in [1.82, 2.24) is 15.0 Å². The third kappa shape index (κ3) is 8.08. The van der Waals surface area contributed by atoms with E-state index in [9.17, 15) is 4.79 Å². The van der Waals surface area contributed by atoms with Crippen LogP contribution in [-0.4, -0.2) is 41.1 Å². The average molecular weight is 337 g/mol. The van der Waals surface area contributed by atoms with Crippen LogP contribution in [0.4, 0.5) is 5.82 Å². The van der Waals surface area contributed by atoms with Gasteiger partial charge in [-0.25, -0.2) is 9.78 Å². The van der Waals surface area contributed by atoms with Gasteiger partial charge < -0.3 is 9.72 Å². The summed E-state index contributed by atoms with van der Waals surface area (Å²) in [5, 5.41) is 9.82. The molecule has 0 atom stereocenters. The van der Waals surface area contributed by atoms with Crippen LogP contribution in [0, 0.1) is 0 Å². The maximum Gasteiger partial charge on any atom is 0.358 e. The second kappa shape index (κ2) is 12.5. The van der Waals surface area contributed by atoms with E-state index >= 15 is 0 Å². The number of imidazole rings is 1. The highest BCUT2D eigenvalue weighted by Crippen LogP contribution is 2.16. The number of esters is 1. The third-order valence-electron chi connectivity index (χ3n) is 3.68. The number of rotatable bonds is 13. The second-order valence-electron chi connectivity index (χ2n) is 5.93. The number of carbonyl (C=O) groups excluding carboxylic acids is 1. The number of H-pyrrole nitrogens is 1. The fraction of sp³-hybridized carbons (Fsp3) is 0.765. The molecule has 7 nitrogen and oxygen atoms in total. The summed E-state index contributed by atoms with van der Waals surface area (Å²) in [5.74, 6) is -0.155. The smallest absolute Gasteiger partial charge is 0.358 e. The molecule has 0 fully saturated rings. The van der Waals surface area contributed by atoms with Gasteiger partial charge in [0, 0.05) is 13.6 Å². The standard InChI is InChI=1S/C17H31N5O2/c1-4-6-8-9-10-11-13-24-17(23)15-16(19-14-18-15)20-21-22(3)12-7-5-2/h14H,4-13H2,1-3H3,(H,18,19). The number of ether oxygens (including phenoxy) is 1. The van der Waals surface area contributed by atoms with Crippen LogP contribution in [0.1, 0.15) is 75.7 Å². The van der Waals surface area contributed by atoms with Crippen molar-refractivity contribution >= 4 is 11.8 Å². The lowest BCUT2D eigenvalue weighted by Crippen LogP contribution is -2.11. The molecule has 1 aromatic heterocycles. The molecule has 0 aliphatic heterocycles. The Labute approximate surface area is 144 Å². The van der Waals surface area contributed by atoms with Gasteiger partial charge in [0.1, 0.15) is 0 Å². The molecule has 0 amide bonds. The lowest BCUT2D eigenvalue weighted by molar-refractivity contribution is 0.0492. The summed E-state index contributed by atoms with van der Waals surface area (Å²) in [6, 6.07) is 0. The van der Waals surface area contributed by atoms with Crippen LogP contribution in [0.2, 0.25) is 0 Å². The summed E-state index contributed by atoms with van der Waals surface area (Å²) in [6.07, 6.45) is 10.5. The van der Waals surface area contributed by atoms with Crippen LogP contribution in [0.5, 0.6) is 0 Å². The lowest BCUT2D eigenvalue weighted by atomic mass is 10.1. The minimum absolute atomic E-state index is 0.258. The highest BCUT2D eigenvalue weighted by atomic mass is 16.5. The summed E-state index contributed by atoms with van der Waals surface area (Å²) < 4.78 is 5.28. The van der Waals surface area contributed by atoms with E-state index in [1.54, 1.807) is 5.01 Å². The Balaban J connectivity index is 2.35. The van der Waals surface area contributed by atoms with Crippen LogP contribution >= 0.6 is 0 Å². The van der Waals surface area contributed by atoms with Gasteiger partial charge in [-0.1, -0.05) is 57.6 Å². The molecule has 1 N–H and O–H groups in total. The Kier molecular flexibility index (Phi) is 10.5. The normalized spacial score (nSPS) is 11.1. The van der Waals surface area contributed by atoms with Crippen LogP contribution in [0.25, 0.3) is 0 Å². The van der Waals surface area contributed by atoms with E-state index in [1.807, 2.05) is 7.05 Å². The highest BCUT2D eigenvalue weighted by Gasteiger charge is 2.15. The van der Waals surface area contributed by atoms with Gasteiger partial charge in [-0.2, -0.15) is 0 Å². The van der Waals surface area contributed by atoms with Crippen molar-refractivity contribution in [2.45, 2.75) is 65.2 Å². The number of nitrogens with zero attached hydrogens (tertiary/aromatic N) is 4. The predicted octanol–water partition coefficient (Wildman–Crippen LogP) is 4.66. The van der Waals surface area contributed by atoms with E-state index in [4.69, 9.17) is 4.74 Å². The highest BCUT2D eigenvalue weighted by molar-refractivity contribution is 5.91. The SMILES string of the molecule is CCCCCCCCOC(=O)c1[nH]cnc1N=NN(C)CCCC. The maximum atomic E-state index is 12.1. The van der Waals surface area contributed by atoms with E-state index in [0.717, 1.165) is 32.2 Å². The van der Waals surface area contributed by atoms with Crippen molar-refractivity contribution < 1.29 is 9.53 Å². The van der Waals surface area contributed by atoms with Crippen molar-refractivity contribution in [2.24, 2.45) is 10.3 Å². The molecule has 7 heteroatoms. The summed E-state index contributed by atoms with van der Waals surface area (Å²) >= 11 is 0. The Morgan fingerprint density at radius 3 is 2.62 bits per heavy atom. The molecule has 1 rings (SSSR count). The number of hydrogen-bond donors (Lipinski definition) is 1. The van der Waals surface area contributed by atoms with Crippen molar-refractivity contribution in [3.05, 3.63) is 12.0 Å². The van der Waals surface area contributed by atoms with E-state index in [2.05, 4.69) is 34.2 Å². The molecule has 1 aromatic rings. The molecule has 1 heterocycles. The summed E-state index contributed by atoms with van der Waals surface area (Å²) in [5.41, 5.74) is 0.258. The fourth-order valence-corrected chi connectivity index (χ4v) is 2.18. The topological polar surface area (TPSA) is 82.9 Å². The number of nitrogens with one attached hydrogen (secondary N) is 1. The molecule has 0 aliphatic carbocycles. The van der Waals surface area contributed by atoms with Gasteiger partial charge in [0.05, 0.1) is 12.9 Å². The Morgan fingerprint density at radius 2 is 1.88 bits per heavy atom. The first-order valence-electron chi connectivity index (χ1n) is 9.02. The molecular formula is C17H31N5O2. The zero-order valence-electron chi connectivity index (χ0n) is 15.3. The fourth-order valence-electron chi connectivity index (χ4n) is 2.18. The van der Waals surface area contributed by atoms with Crippen molar-refractivity contribution in [3.63, 3.8) is 0 Å². The second-order valence-corrected chi connectivity index (χ2v) is 5.93. The monoisotopic (exact) mass is 337 g/mol. The molecule has 0 spiro atoms. The van der Waals surface area contributed by atoms with Gasteiger partial charge in [0.15, 0.2) is 5.69 Å². The van der Waals surface area contributed by atoms with Gasteiger partial charge in [-0.05, 0) is 12.8 Å². The maximum absolute atomic E-state index is 12.1. The molecule has 0 aliphatic rings. The Hall–Kier alpha value is -1.92. The molecule has 24 heavy (non-hydrogen) atoms. The quantitative estimate of drug-likeness (QED) is 0.246. The first-order chi connectivity index (χ1) is 11.7. The summed E-state index contributed by atoms with van der Waals surface area (Å²) in [6.45, 7) is 5.57. The largest absolute Gasteiger partial charge is 0.461 e. The van der Waals surface area contributed by atoms with Crippen LogP contribution < -0.4 is 0 Å². The molecule has 136 valence electrons. The van der Waals surface area contributed by atoms with Gasteiger partial charge in [-0.3, -0.25) is 5.01 Å². The average Bonchev–Trinajstić information content (AvgIpc) is 3.05. The summed E-state index contributed by atoms with van der Waals surface area (Å²) in [4.78, 5) is 18.9. The first kappa shape index (κ1) is 20.1. The van der Waals surface area contributed by atoms with E-state index in [-0.39, 0.29) is 11.5 Å². The number of aromatic nitrogens is 2. The van der Waals surface area contributed by atoms with Gasteiger partial charge >= 0.3 is 5.97 Å². The van der Waals surface area contributed by atoms with Gasteiger partial charge in [-0.15, -0.1) is 5.11 Å². The van der Waals surface area contributed by atoms with Crippen LogP contribution in [0.15, 0.2) is 16.7 Å². The van der Waals surface area contributed by atoms with E-state index < -0.39 is 5.97 Å². The third-order valence-corrected chi connectivity index (χ3v) is 3.68. The van der Waals surface area contributed by atoms with E-state index in [0.29, 0.717) is 6.61 Å².